The second-order valence-corrected chi connectivity index (χ2v) is 12.2. The van der Waals surface area contributed by atoms with Gasteiger partial charge in [-0.1, -0.05) is 54.6 Å². The normalized spacial score (nSPS) is 15.7. The van der Waals surface area contributed by atoms with Gasteiger partial charge in [-0.15, -0.1) is 0 Å². The number of likely N-dealkylation sites (tertiary alicyclic amines) is 1. The molecule has 11 heteroatoms. The second kappa shape index (κ2) is 13.2. The fourth-order valence-corrected chi connectivity index (χ4v) is 6.45. The molecule has 0 aliphatic carbocycles. The minimum Gasteiger partial charge on any atom is -0.493 e. The number of fused-ring (bicyclic) bond motifs is 2. The van der Waals surface area contributed by atoms with E-state index < -0.39 is 24.3 Å². The first-order chi connectivity index (χ1) is 23.0. The molecule has 5 aromatic rings. The van der Waals surface area contributed by atoms with Gasteiger partial charge in [0.2, 0.25) is 5.60 Å². The van der Waals surface area contributed by atoms with Crippen LogP contribution in [0.15, 0.2) is 85.1 Å². The summed E-state index contributed by atoms with van der Waals surface area (Å²) in [5.41, 5.74) is -1.29. The Hall–Kier alpha value is -5.05. The molecule has 2 N–H and O–H groups in total. The molecule has 0 bridgehead atoms. The van der Waals surface area contributed by atoms with E-state index in [0.717, 1.165) is 16.3 Å². The van der Waals surface area contributed by atoms with E-state index in [0.29, 0.717) is 35.4 Å². The second-order valence-electron chi connectivity index (χ2n) is 12.2. The molecule has 6 rings (SSSR count). The van der Waals surface area contributed by atoms with Crippen molar-refractivity contribution in [2.45, 2.75) is 43.7 Å². The Morgan fingerprint density at radius 3 is 2.38 bits per heavy atom. The quantitative estimate of drug-likeness (QED) is 0.153. The van der Waals surface area contributed by atoms with Crippen LogP contribution in [0.2, 0.25) is 0 Å². The fraction of sp³-hybridized carbons (Fsp3) is 0.297. The van der Waals surface area contributed by atoms with Crippen molar-refractivity contribution in [3.63, 3.8) is 0 Å². The van der Waals surface area contributed by atoms with Gasteiger partial charge >= 0.3 is 12.1 Å². The Labute approximate surface area is 275 Å². The summed E-state index contributed by atoms with van der Waals surface area (Å²) in [4.78, 5) is 16.2. The number of hydrogen-bond donors (Lipinski definition) is 2. The molecular weight excluding hydrogens is 623 g/mol. The highest BCUT2D eigenvalue weighted by molar-refractivity contribution is 5.88. The lowest BCUT2D eigenvalue weighted by Gasteiger charge is -2.39. The summed E-state index contributed by atoms with van der Waals surface area (Å²) in [6.45, 7) is 7.56. The van der Waals surface area contributed by atoms with Crippen LogP contribution < -0.4 is 9.47 Å². The highest BCUT2D eigenvalue weighted by atomic mass is 19.4. The number of carboxylic acids is 1. The van der Waals surface area contributed by atoms with E-state index in [1.165, 1.54) is 25.4 Å². The van der Waals surface area contributed by atoms with Crippen LogP contribution in [0.4, 0.5) is 18.9 Å². The zero-order valence-electron chi connectivity index (χ0n) is 26.2. The number of piperidine rings is 1. The van der Waals surface area contributed by atoms with E-state index in [2.05, 4.69) is 4.85 Å². The van der Waals surface area contributed by atoms with Crippen LogP contribution in [0.5, 0.6) is 11.5 Å². The van der Waals surface area contributed by atoms with E-state index in [1.807, 2.05) is 42.5 Å². The van der Waals surface area contributed by atoms with Crippen molar-refractivity contribution in [3.8, 4) is 11.5 Å². The van der Waals surface area contributed by atoms with Crippen LogP contribution in [0.3, 0.4) is 0 Å². The minimum absolute atomic E-state index is 0.167. The van der Waals surface area contributed by atoms with Crippen LogP contribution >= 0.6 is 0 Å². The number of rotatable bonds is 10. The number of aliphatic carboxylic acids is 1. The van der Waals surface area contributed by atoms with Gasteiger partial charge in [-0.2, -0.15) is 13.2 Å². The van der Waals surface area contributed by atoms with E-state index in [4.69, 9.17) is 21.2 Å². The average Bonchev–Trinajstić information content (AvgIpc) is 3.43. The number of ether oxygens (including phenoxy) is 2. The van der Waals surface area contributed by atoms with Crippen LogP contribution in [0.1, 0.15) is 29.5 Å². The molecular formula is C37H34F3N3O5. The van der Waals surface area contributed by atoms with E-state index >= 15 is 0 Å². The number of carbonyl (C=O) groups is 1. The van der Waals surface area contributed by atoms with Crippen molar-refractivity contribution in [3.05, 3.63) is 113 Å². The van der Waals surface area contributed by atoms with Crippen LogP contribution in [-0.4, -0.2) is 64.7 Å². The number of carboxylic acid groups (broad SMARTS) is 1. The number of benzene rings is 4. The van der Waals surface area contributed by atoms with Gasteiger partial charge in [0.25, 0.3) is 0 Å². The zero-order valence-corrected chi connectivity index (χ0v) is 26.2. The first-order valence-electron chi connectivity index (χ1n) is 15.5. The third-order valence-corrected chi connectivity index (χ3v) is 8.94. The monoisotopic (exact) mass is 657 g/mol. The summed E-state index contributed by atoms with van der Waals surface area (Å²) in [7, 11) is 1.45. The Kier molecular flexibility index (Phi) is 9.05. The molecule has 248 valence electrons. The molecule has 0 radical (unpaired) electrons. The Balaban J connectivity index is 1.24. The smallest absolute Gasteiger partial charge is 0.422 e. The van der Waals surface area contributed by atoms with Gasteiger partial charge in [-0.05, 0) is 59.0 Å². The van der Waals surface area contributed by atoms with Gasteiger partial charge < -0.3 is 24.3 Å². The predicted octanol–water partition coefficient (Wildman–Crippen LogP) is 7.32. The molecule has 1 saturated heterocycles. The Bertz CT molecular complexity index is 2010. The van der Waals surface area contributed by atoms with Crippen molar-refractivity contribution in [1.82, 2.24) is 9.47 Å². The number of alkyl halides is 3. The molecule has 0 saturated carbocycles. The first-order valence-corrected chi connectivity index (χ1v) is 15.5. The maximum atomic E-state index is 15.0. The maximum absolute atomic E-state index is 15.0. The summed E-state index contributed by atoms with van der Waals surface area (Å²) in [6.07, 6.45) is -3.28. The van der Waals surface area contributed by atoms with Crippen molar-refractivity contribution >= 4 is 33.3 Å². The molecule has 8 nitrogen and oxygen atoms in total. The van der Waals surface area contributed by atoms with E-state index in [9.17, 15) is 23.1 Å². The number of hydrogen-bond acceptors (Lipinski definition) is 5. The molecule has 1 unspecified atom stereocenters. The summed E-state index contributed by atoms with van der Waals surface area (Å²) in [5, 5.41) is 23.0. The average molecular weight is 658 g/mol. The molecule has 1 aromatic heterocycles. The SMILES string of the molecule is [C-]#[N+]c1ccc2c(C(O)(CN3CCC(Oc4ccc(CC(=O)O)cc4OC)CC3)C(F)(F)F)cn(Cc3ccc4ccccc4c3)c2c1. The highest BCUT2D eigenvalue weighted by Gasteiger charge is 2.57. The molecule has 0 spiro atoms. The summed E-state index contributed by atoms with van der Waals surface area (Å²) < 4.78 is 58.1. The van der Waals surface area contributed by atoms with Gasteiger partial charge in [0.05, 0.1) is 20.1 Å². The van der Waals surface area contributed by atoms with E-state index in [-0.39, 0.29) is 48.8 Å². The number of nitrogens with zero attached hydrogens (tertiary/aromatic N) is 3. The van der Waals surface area contributed by atoms with Crippen LogP contribution in [0, 0.1) is 6.57 Å². The number of β-amino-alcohol motifs (C(OH)–C–C–N with tert-alkyl or cyclic N) is 1. The van der Waals surface area contributed by atoms with Crippen LogP contribution in [-0.2, 0) is 23.4 Å². The number of methoxy groups -OCH3 is 1. The summed E-state index contributed by atoms with van der Waals surface area (Å²) in [6, 6.07) is 23.1. The fourth-order valence-electron chi connectivity index (χ4n) is 6.45. The van der Waals surface area contributed by atoms with Crippen molar-refractivity contribution in [1.29, 1.82) is 0 Å². The third kappa shape index (κ3) is 6.68. The van der Waals surface area contributed by atoms with Crippen molar-refractivity contribution in [2.24, 2.45) is 0 Å². The lowest BCUT2D eigenvalue weighted by Crippen LogP contribution is -2.53. The van der Waals surface area contributed by atoms with Gasteiger partial charge in [-0.25, -0.2) is 4.85 Å². The van der Waals surface area contributed by atoms with E-state index in [1.54, 1.807) is 33.7 Å². The molecule has 1 aliphatic rings. The lowest BCUT2D eigenvalue weighted by molar-refractivity contribution is -0.272. The number of halogens is 3. The zero-order chi connectivity index (χ0) is 34.1. The first kappa shape index (κ1) is 32.9. The third-order valence-electron chi connectivity index (χ3n) is 8.94. The van der Waals surface area contributed by atoms with Gasteiger partial charge in [0, 0.05) is 48.8 Å². The van der Waals surface area contributed by atoms with Gasteiger partial charge in [0.1, 0.15) is 6.10 Å². The number of aliphatic hydroxyl groups is 1. The Morgan fingerprint density at radius 1 is 0.958 bits per heavy atom. The summed E-state index contributed by atoms with van der Waals surface area (Å²) in [5.74, 6) is -0.168. The van der Waals surface area contributed by atoms with Crippen molar-refractivity contribution in [2.75, 3.05) is 26.7 Å². The van der Waals surface area contributed by atoms with Crippen LogP contribution in [0.25, 0.3) is 26.5 Å². The number of aromatic nitrogens is 1. The van der Waals surface area contributed by atoms with Gasteiger partial charge in [-0.3, -0.25) is 9.69 Å². The molecule has 0 amide bonds. The molecule has 2 heterocycles. The molecule has 4 aromatic carbocycles. The van der Waals surface area contributed by atoms with Gasteiger partial charge in [0.15, 0.2) is 17.2 Å². The molecule has 48 heavy (non-hydrogen) atoms. The summed E-state index contributed by atoms with van der Waals surface area (Å²) >= 11 is 0. The minimum atomic E-state index is -4.99. The lowest BCUT2D eigenvalue weighted by atomic mass is 9.91. The molecule has 1 atom stereocenters. The molecule has 1 fully saturated rings. The largest absolute Gasteiger partial charge is 0.493 e. The molecule has 1 aliphatic heterocycles. The highest BCUT2D eigenvalue weighted by Crippen LogP contribution is 2.44. The Morgan fingerprint density at radius 2 is 1.69 bits per heavy atom. The standard InChI is InChI=1S/C37H34F3N3O5/c1-41-28-10-11-30-31(22-43(32(30)20-28)21-25-7-9-26-5-3-4-6-27(26)17-25)36(46,37(38,39)40)23-42-15-13-29(14-16-42)48-33-12-8-24(19-35(44)45)18-34(33)47-2/h3-12,17-18,20,22,29,46H,13-16,19,21,23H2,2H3,(H,44,45). The maximum Gasteiger partial charge on any atom is 0.422 e. The topological polar surface area (TPSA) is 88.5 Å². The van der Waals surface area contributed by atoms with Crippen molar-refractivity contribution < 1.29 is 37.7 Å². The predicted molar refractivity (Wildman–Crippen MR) is 176 cm³/mol.